The molecule has 0 heterocycles. The summed E-state index contributed by atoms with van der Waals surface area (Å²) in [5, 5.41) is 15.3. The van der Waals surface area contributed by atoms with Crippen LogP contribution in [0.4, 0.5) is 5.69 Å². The number of rotatable bonds is 10. The van der Waals surface area contributed by atoms with Crippen molar-refractivity contribution >= 4 is 11.6 Å². The number of aryl methyl sites for hydroxylation is 1. The monoisotopic (exact) mass is 372 g/mol. The molecular weight excluding hydrogens is 344 g/mol. The van der Waals surface area contributed by atoms with Gasteiger partial charge in [0.25, 0.3) is 5.91 Å². The summed E-state index contributed by atoms with van der Waals surface area (Å²) in [5.74, 6) is 0.837. The number of aliphatic hydroxyl groups excluding tert-OH is 1. The third-order valence-corrected chi connectivity index (χ3v) is 4.23. The molecule has 0 aliphatic carbocycles. The van der Waals surface area contributed by atoms with Crippen molar-refractivity contribution in [2.24, 2.45) is 0 Å². The molecule has 0 fully saturated rings. The number of benzene rings is 2. The fourth-order valence-electron chi connectivity index (χ4n) is 2.52. The standard InChI is InChI=1S/C21H28N2O4/c1-4-17(13-24)22-12-16-7-10-19(20(11-16)26-3)27-14-21(25)23-18-8-5-15(2)6-9-18/h5-11,17,22,24H,4,12-14H2,1-3H3,(H,23,25). The maximum absolute atomic E-state index is 12.1. The molecule has 1 amide bonds. The first kappa shape index (κ1) is 20.7. The minimum Gasteiger partial charge on any atom is -0.493 e. The third-order valence-electron chi connectivity index (χ3n) is 4.23. The molecule has 0 aromatic heterocycles. The van der Waals surface area contributed by atoms with Crippen LogP contribution in [0.25, 0.3) is 0 Å². The van der Waals surface area contributed by atoms with Gasteiger partial charge in [0, 0.05) is 18.3 Å². The maximum Gasteiger partial charge on any atom is 0.262 e. The Morgan fingerprint density at radius 1 is 1.15 bits per heavy atom. The summed E-state index contributed by atoms with van der Waals surface area (Å²) in [6.07, 6.45) is 0.852. The van der Waals surface area contributed by atoms with Gasteiger partial charge in [0.05, 0.1) is 13.7 Å². The van der Waals surface area contributed by atoms with Gasteiger partial charge in [-0.1, -0.05) is 30.7 Å². The van der Waals surface area contributed by atoms with Gasteiger partial charge in [-0.05, 0) is 43.2 Å². The van der Waals surface area contributed by atoms with E-state index in [1.807, 2.05) is 50.2 Å². The van der Waals surface area contributed by atoms with Crippen molar-refractivity contribution in [2.45, 2.75) is 32.9 Å². The van der Waals surface area contributed by atoms with Crippen LogP contribution in [-0.4, -0.2) is 37.4 Å². The van der Waals surface area contributed by atoms with Gasteiger partial charge >= 0.3 is 0 Å². The summed E-state index contributed by atoms with van der Waals surface area (Å²) in [6.45, 7) is 4.62. The summed E-state index contributed by atoms with van der Waals surface area (Å²) >= 11 is 0. The first-order valence-corrected chi connectivity index (χ1v) is 9.06. The summed E-state index contributed by atoms with van der Waals surface area (Å²) < 4.78 is 11.0. The average molecular weight is 372 g/mol. The van der Waals surface area contributed by atoms with Crippen LogP contribution in [-0.2, 0) is 11.3 Å². The number of hydrogen-bond acceptors (Lipinski definition) is 5. The molecule has 0 radical (unpaired) electrons. The Labute approximate surface area is 160 Å². The van der Waals surface area contributed by atoms with E-state index in [9.17, 15) is 9.90 Å². The number of anilines is 1. The van der Waals surface area contributed by atoms with E-state index in [1.54, 1.807) is 13.2 Å². The average Bonchev–Trinajstić information content (AvgIpc) is 2.69. The molecule has 6 nitrogen and oxygen atoms in total. The normalized spacial score (nSPS) is 11.7. The number of aliphatic hydroxyl groups is 1. The first-order chi connectivity index (χ1) is 13.0. The van der Waals surface area contributed by atoms with Gasteiger partial charge < -0.3 is 25.2 Å². The van der Waals surface area contributed by atoms with E-state index in [2.05, 4.69) is 10.6 Å². The molecule has 2 aromatic rings. The van der Waals surface area contributed by atoms with Gasteiger partial charge in [-0.25, -0.2) is 0 Å². The Kier molecular flexibility index (Phi) is 8.10. The van der Waals surface area contributed by atoms with Gasteiger partial charge in [-0.2, -0.15) is 0 Å². The quantitative estimate of drug-likeness (QED) is 0.598. The van der Waals surface area contributed by atoms with Crippen LogP contribution in [0, 0.1) is 6.92 Å². The van der Waals surface area contributed by atoms with E-state index in [1.165, 1.54) is 0 Å². The van der Waals surface area contributed by atoms with Crippen LogP contribution in [0.5, 0.6) is 11.5 Å². The zero-order chi connectivity index (χ0) is 19.6. The Balaban J connectivity index is 1.91. The summed E-state index contributed by atoms with van der Waals surface area (Å²) in [4.78, 5) is 12.1. The van der Waals surface area contributed by atoms with E-state index >= 15 is 0 Å². The molecule has 27 heavy (non-hydrogen) atoms. The third kappa shape index (κ3) is 6.58. The van der Waals surface area contributed by atoms with Crippen molar-refractivity contribution < 1.29 is 19.4 Å². The number of ether oxygens (including phenoxy) is 2. The zero-order valence-electron chi connectivity index (χ0n) is 16.1. The van der Waals surface area contributed by atoms with E-state index in [0.29, 0.717) is 18.0 Å². The predicted molar refractivity (Wildman–Crippen MR) is 106 cm³/mol. The molecule has 0 aliphatic rings. The lowest BCUT2D eigenvalue weighted by atomic mass is 10.1. The number of nitrogens with one attached hydrogen (secondary N) is 2. The van der Waals surface area contributed by atoms with Gasteiger partial charge in [0.15, 0.2) is 18.1 Å². The Morgan fingerprint density at radius 2 is 1.89 bits per heavy atom. The van der Waals surface area contributed by atoms with Gasteiger partial charge in [0.1, 0.15) is 0 Å². The molecule has 0 saturated carbocycles. The molecule has 6 heteroatoms. The molecule has 2 aromatic carbocycles. The Morgan fingerprint density at radius 3 is 2.52 bits per heavy atom. The number of carbonyl (C=O) groups is 1. The predicted octanol–water partition coefficient (Wildman–Crippen LogP) is 2.88. The van der Waals surface area contributed by atoms with Crippen molar-refractivity contribution in [3.8, 4) is 11.5 Å². The van der Waals surface area contributed by atoms with Crippen molar-refractivity contribution in [1.29, 1.82) is 0 Å². The molecule has 0 bridgehead atoms. The van der Waals surface area contributed by atoms with Crippen LogP contribution in [0.2, 0.25) is 0 Å². The molecular formula is C21H28N2O4. The largest absolute Gasteiger partial charge is 0.493 e. The number of hydrogen-bond donors (Lipinski definition) is 3. The van der Waals surface area contributed by atoms with Crippen molar-refractivity contribution in [3.63, 3.8) is 0 Å². The highest BCUT2D eigenvalue weighted by Crippen LogP contribution is 2.28. The first-order valence-electron chi connectivity index (χ1n) is 9.06. The fraction of sp³-hybridized carbons (Fsp3) is 0.381. The molecule has 1 atom stereocenters. The van der Waals surface area contributed by atoms with E-state index < -0.39 is 0 Å². The van der Waals surface area contributed by atoms with Crippen LogP contribution >= 0.6 is 0 Å². The van der Waals surface area contributed by atoms with E-state index in [-0.39, 0.29) is 25.2 Å². The smallest absolute Gasteiger partial charge is 0.262 e. The van der Waals surface area contributed by atoms with Crippen LogP contribution in [0.15, 0.2) is 42.5 Å². The van der Waals surface area contributed by atoms with Crippen molar-refractivity contribution in [2.75, 3.05) is 25.6 Å². The maximum atomic E-state index is 12.1. The van der Waals surface area contributed by atoms with Crippen LogP contribution < -0.4 is 20.1 Å². The molecule has 2 rings (SSSR count). The number of carbonyl (C=O) groups excluding carboxylic acids is 1. The Bertz CT molecular complexity index is 727. The van der Waals surface area contributed by atoms with E-state index in [0.717, 1.165) is 23.2 Å². The second kappa shape index (κ2) is 10.5. The molecule has 146 valence electrons. The summed E-state index contributed by atoms with van der Waals surface area (Å²) in [6, 6.07) is 13.2. The molecule has 0 saturated heterocycles. The SMILES string of the molecule is CCC(CO)NCc1ccc(OCC(=O)Nc2ccc(C)cc2)c(OC)c1. The fourth-order valence-corrected chi connectivity index (χ4v) is 2.52. The van der Waals surface area contributed by atoms with Gasteiger partial charge in [0.2, 0.25) is 0 Å². The lowest BCUT2D eigenvalue weighted by molar-refractivity contribution is -0.118. The highest BCUT2D eigenvalue weighted by Gasteiger charge is 2.10. The Hall–Kier alpha value is -2.57. The minimum atomic E-state index is -0.236. The summed E-state index contributed by atoms with van der Waals surface area (Å²) in [5.41, 5.74) is 2.87. The second-order valence-electron chi connectivity index (χ2n) is 6.36. The summed E-state index contributed by atoms with van der Waals surface area (Å²) in [7, 11) is 1.56. The lowest BCUT2D eigenvalue weighted by Gasteiger charge is -2.16. The lowest BCUT2D eigenvalue weighted by Crippen LogP contribution is -2.31. The topological polar surface area (TPSA) is 79.8 Å². The van der Waals surface area contributed by atoms with Crippen molar-refractivity contribution in [3.05, 3.63) is 53.6 Å². The van der Waals surface area contributed by atoms with Crippen molar-refractivity contribution in [1.82, 2.24) is 5.32 Å². The highest BCUT2D eigenvalue weighted by molar-refractivity contribution is 5.91. The minimum absolute atomic E-state index is 0.0670. The second-order valence-corrected chi connectivity index (χ2v) is 6.36. The molecule has 0 aliphatic heterocycles. The number of methoxy groups -OCH3 is 1. The van der Waals surface area contributed by atoms with Gasteiger partial charge in [-0.15, -0.1) is 0 Å². The molecule has 0 spiro atoms. The highest BCUT2D eigenvalue weighted by atomic mass is 16.5. The molecule has 3 N–H and O–H groups in total. The van der Waals surface area contributed by atoms with Gasteiger partial charge in [-0.3, -0.25) is 4.79 Å². The molecule has 1 unspecified atom stereocenters. The number of amides is 1. The van der Waals surface area contributed by atoms with E-state index in [4.69, 9.17) is 9.47 Å². The van der Waals surface area contributed by atoms with Crippen LogP contribution in [0.1, 0.15) is 24.5 Å². The van der Waals surface area contributed by atoms with Crippen LogP contribution in [0.3, 0.4) is 0 Å². The zero-order valence-corrected chi connectivity index (χ0v) is 16.1.